The highest BCUT2D eigenvalue weighted by Crippen LogP contribution is 2.33. The van der Waals surface area contributed by atoms with E-state index in [2.05, 4.69) is 34.2 Å². The molecule has 4 rings (SSSR count). The Morgan fingerprint density at radius 2 is 1.70 bits per heavy atom. The van der Waals surface area contributed by atoms with Crippen LogP contribution in [0.5, 0.6) is 0 Å². The van der Waals surface area contributed by atoms with Crippen molar-refractivity contribution in [1.29, 1.82) is 0 Å². The first kappa shape index (κ1) is 14.6. The topological polar surface area (TPSA) is 25.2 Å². The van der Waals surface area contributed by atoms with Gasteiger partial charge >= 0.3 is 0 Å². The molecule has 1 aromatic heterocycles. The maximum atomic E-state index is 6.16. The number of halogens is 2. The van der Waals surface area contributed by atoms with Crippen molar-refractivity contribution in [2.75, 3.05) is 0 Å². The molecule has 0 bridgehead atoms. The average molecular weight is 357 g/mol. The molecule has 0 aliphatic rings. The number of hydrogen-bond donors (Lipinski definition) is 0. The zero-order valence-electron chi connectivity index (χ0n) is 11.8. The lowest BCUT2D eigenvalue weighted by Gasteiger charge is -1.99. The summed E-state index contributed by atoms with van der Waals surface area (Å²) in [6, 6.07) is 17.8. The van der Waals surface area contributed by atoms with Crippen LogP contribution in [0.15, 0.2) is 59.6 Å². The summed E-state index contributed by atoms with van der Waals surface area (Å²) in [5.41, 5.74) is 1.69. The fourth-order valence-electron chi connectivity index (χ4n) is 2.46. The van der Waals surface area contributed by atoms with Crippen molar-refractivity contribution in [3.05, 3.63) is 70.2 Å². The van der Waals surface area contributed by atoms with Gasteiger partial charge < -0.3 is 0 Å². The standard InChI is InChI=1S/C18H10Cl2N2S/c19-14-6-3-7-15(20)13(14)10-21-18-22-17-12-5-2-1-4-11(12)8-9-16(17)23-18/h1-10H/b21-10+. The van der Waals surface area contributed by atoms with Crippen LogP contribution in [0, 0.1) is 0 Å². The summed E-state index contributed by atoms with van der Waals surface area (Å²) in [7, 11) is 0. The van der Waals surface area contributed by atoms with Gasteiger partial charge in [-0.1, -0.05) is 70.9 Å². The second-order valence-electron chi connectivity index (χ2n) is 5.02. The maximum absolute atomic E-state index is 6.16. The molecule has 0 unspecified atom stereocenters. The van der Waals surface area contributed by atoms with Gasteiger partial charge in [0, 0.05) is 17.2 Å². The van der Waals surface area contributed by atoms with Crippen molar-refractivity contribution in [1.82, 2.24) is 4.98 Å². The van der Waals surface area contributed by atoms with E-state index < -0.39 is 0 Å². The lowest BCUT2D eigenvalue weighted by Crippen LogP contribution is -1.84. The number of rotatable bonds is 2. The van der Waals surface area contributed by atoms with Crippen LogP contribution in [0.1, 0.15) is 5.56 Å². The van der Waals surface area contributed by atoms with Gasteiger partial charge in [-0.15, -0.1) is 0 Å². The number of fused-ring (bicyclic) bond motifs is 3. The van der Waals surface area contributed by atoms with Crippen molar-refractivity contribution in [2.45, 2.75) is 0 Å². The average Bonchev–Trinajstić information content (AvgIpc) is 2.98. The van der Waals surface area contributed by atoms with E-state index in [0.29, 0.717) is 20.7 Å². The van der Waals surface area contributed by atoms with Crippen LogP contribution >= 0.6 is 34.5 Å². The van der Waals surface area contributed by atoms with Gasteiger partial charge in [-0.25, -0.2) is 9.98 Å². The summed E-state index contributed by atoms with van der Waals surface area (Å²) in [4.78, 5) is 9.11. The predicted molar refractivity (Wildman–Crippen MR) is 101 cm³/mol. The van der Waals surface area contributed by atoms with E-state index >= 15 is 0 Å². The molecule has 0 spiro atoms. The molecule has 3 aromatic carbocycles. The highest BCUT2D eigenvalue weighted by atomic mass is 35.5. The van der Waals surface area contributed by atoms with Gasteiger partial charge in [0.05, 0.1) is 20.3 Å². The number of thiazole rings is 1. The van der Waals surface area contributed by atoms with Crippen molar-refractivity contribution < 1.29 is 0 Å². The Bertz CT molecular complexity index is 1030. The molecule has 0 atom stereocenters. The van der Waals surface area contributed by atoms with E-state index in [0.717, 1.165) is 15.6 Å². The van der Waals surface area contributed by atoms with Gasteiger partial charge in [-0.05, 0) is 23.6 Å². The van der Waals surface area contributed by atoms with Crippen LogP contribution in [0.25, 0.3) is 21.0 Å². The van der Waals surface area contributed by atoms with Crippen molar-refractivity contribution >= 4 is 66.9 Å². The molecule has 2 nitrogen and oxygen atoms in total. The number of benzene rings is 3. The van der Waals surface area contributed by atoms with E-state index in [1.165, 1.54) is 5.39 Å². The number of hydrogen-bond acceptors (Lipinski definition) is 3. The molecule has 112 valence electrons. The van der Waals surface area contributed by atoms with Gasteiger partial charge in [0.15, 0.2) is 0 Å². The first-order chi connectivity index (χ1) is 11.2. The third-order valence-corrected chi connectivity index (χ3v) is 5.16. The van der Waals surface area contributed by atoms with Crippen molar-refractivity contribution in [2.24, 2.45) is 4.99 Å². The van der Waals surface area contributed by atoms with E-state index in [4.69, 9.17) is 23.2 Å². The summed E-state index contributed by atoms with van der Waals surface area (Å²) in [5, 5.41) is 4.15. The molecule has 0 saturated heterocycles. The highest BCUT2D eigenvalue weighted by molar-refractivity contribution is 7.22. The van der Waals surface area contributed by atoms with Gasteiger partial charge in [0.25, 0.3) is 0 Å². The minimum absolute atomic E-state index is 0.577. The Hall–Kier alpha value is -1.94. The summed E-state index contributed by atoms with van der Waals surface area (Å²) in [5.74, 6) is 0. The lowest BCUT2D eigenvalue weighted by molar-refractivity contribution is 1.42. The van der Waals surface area contributed by atoms with E-state index in [1.54, 1.807) is 29.7 Å². The van der Waals surface area contributed by atoms with Gasteiger partial charge in [-0.3, -0.25) is 0 Å². The van der Waals surface area contributed by atoms with Crippen LogP contribution in [-0.2, 0) is 0 Å². The van der Waals surface area contributed by atoms with E-state index in [1.807, 2.05) is 18.2 Å². The van der Waals surface area contributed by atoms with Gasteiger partial charge in [-0.2, -0.15) is 0 Å². The first-order valence-electron chi connectivity index (χ1n) is 6.99. The molecule has 23 heavy (non-hydrogen) atoms. The predicted octanol–water partition coefficient (Wildman–Crippen LogP) is 6.51. The Labute approximate surface area is 147 Å². The van der Waals surface area contributed by atoms with Crippen molar-refractivity contribution in [3.8, 4) is 0 Å². The normalized spacial score (nSPS) is 11.7. The molecule has 0 N–H and O–H groups in total. The number of aliphatic imine (C=N–C) groups is 1. The molecular weight excluding hydrogens is 347 g/mol. The Morgan fingerprint density at radius 1 is 0.913 bits per heavy atom. The quantitative estimate of drug-likeness (QED) is 0.376. The molecule has 1 heterocycles. The smallest absolute Gasteiger partial charge is 0.210 e. The summed E-state index contributed by atoms with van der Waals surface area (Å²) < 4.78 is 1.11. The second kappa shape index (κ2) is 5.93. The summed E-state index contributed by atoms with van der Waals surface area (Å²) in [6.45, 7) is 0. The molecule has 0 aliphatic heterocycles. The molecule has 0 fully saturated rings. The summed E-state index contributed by atoms with van der Waals surface area (Å²) in [6.07, 6.45) is 1.67. The third kappa shape index (κ3) is 2.72. The summed E-state index contributed by atoms with van der Waals surface area (Å²) >= 11 is 13.9. The highest BCUT2D eigenvalue weighted by Gasteiger charge is 2.07. The van der Waals surface area contributed by atoms with E-state index in [9.17, 15) is 0 Å². The minimum Gasteiger partial charge on any atom is -0.227 e. The van der Waals surface area contributed by atoms with Crippen LogP contribution in [-0.4, -0.2) is 11.2 Å². The van der Waals surface area contributed by atoms with Crippen molar-refractivity contribution in [3.63, 3.8) is 0 Å². The molecule has 5 heteroatoms. The Kier molecular flexibility index (Phi) is 3.77. The minimum atomic E-state index is 0.577. The zero-order valence-corrected chi connectivity index (χ0v) is 14.2. The van der Waals surface area contributed by atoms with Gasteiger partial charge in [0.2, 0.25) is 5.13 Å². The van der Waals surface area contributed by atoms with Crippen LogP contribution in [0.4, 0.5) is 5.13 Å². The van der Waals surface area contributed by atoms with Gasteiger partial charge in [0.1, 0.15) is 0 Å². The largest absolute Gasteiger partial charge is 0.227 e. The molecular formula is C18H10Cl2N2S. The number of aromatic nitrogens is 1. The zero-order chi connectivity index (χ0) is 15.8. The maximum Gasteiger partial charge on any atom is 0.210 e. The monoisotopic (exact) mass is 356 g/mol. The molecule has 0 radical (unpaired) electrons. The Morgan fingerprint density at radius 3 is 2.52 bits per heavy atom. The SMILES string of the molecule is Clc1cccc(Cl)c1/C=N/c1nc2c(ccc3ccccc32)s1. The lowest BCUT2D eigenvalue weighted by atomic mass is 10.1. The molecule has 4 aromatic rings. The fraction of sp³-hybridized carbons (Fsp3) is 0. The van der Waals surface area contributed by atoms with Crippen LogP contribution in [0.2, 0.25) is 10.0 Å². The molecule has 0 aliphatic carbocycles. The van der Waals surface area contributed by atoms with Crippen LogP contribution < -0.4 is 0 Å². The molecule has 0 saturated carbocycles. The number of nitrogens with zero attached hydrogens (tertiary/aromatic N) is 2. The van der Waals surface area contributed by atoms with E-state index in [-0.39, 0.29) is 0 Å². The first-order valence-corrected chi connectivity index (χ1v) is 8.56. The fourth-order valence-corrected chi connectivity index (χ4v) is 3.78. The van der Waals surface area contributed by atoms with Crippen LogP contribution in [0.3, 0.4) is 0 Å². The second-order valence-corrected chi connectivity index (χ2v) is 6.85. The third-order valence-electron chi connectivity index (χ3n) is 3.58. The molecule has 0 amide bonds. The Balaban J connectivity index is 1.81.